The zero-order valence-corrected chi connectivity index (χ0v) is 10.5. The van der Waals surface area contributed by atoms with Gasteiger partial charge in [-0.25, -0.2) is 0 Å². The lowest BCUT2D eigenvalue weighted by Crippen LogP contribution is -2.47. The molecule has 2 aliphatic rings. The largest absolute Gasteiger partial charge is 0.340 e. The molecule has 0 aromatic heterocycles. The minimum absolute atomic E-state index is 0.369. The van der Waals surface area contributed by atoms with Crippen molar-refractivity contribution in [2.24, 2.45) is 5.92 Å². The number of piperazine rings is 1. The number of carbonyl (C=O) groups excluding carboxylic acids is 1. The molecule has 16 heavy (non-hydrogen) atoms. The van der Waals surface area contributed by atoms with E-state index in [4.69, 9.17) is 0 Å². The Kier molecular flexibility index (Phi) is 3.82. The van der Waals surface area contributed by atoms with Crippen LogP contribution in [-0.2, 0) is 4.79 Å². The molecule has 0 unspecified atom stereocenters. The topological polar surface area (TPSA) is 26.8 Å². The molecule has 2 heterocycles. The molecule has 0 bridgehead atoms. The third-order valence-corrected chi connectivity index (χ3v) is 3.81. The van der Waals surface area contributed by atoms with Gasteiger partial charge in [0.05, 0.1) is 0 Å². The first-order chi connectivity index (χ1) is 7.65. The maximum absolute atomic E-state index is 12.1. The second-order valence-electron chi connectivity index (χ2n) is 5.31. The Hall–Kier alpha value is -0.610. The summed E-state index contributed by atoms with van der Waals surface area (Å²) in [7, 11) is 4.26. The lowest BCUT2D eigenvalue weighted by atomic mass is 10.0. The fourth-order valence-electron chi connectivity index (χ4n) is 2.62. The quantitative estimate of drug-likeness (QED) is 0.667. The number of nitrogens with zero attached hydrogens (tertiary/aromatic N) is 3. The van der Waals surface area contributed by atoms with Crippen molar-refractivity contribution in [2.45, 2.75) is 12.8 Å². The molecular weight excluding hydrogens is 202 g/mol. The molecule has 1 atom stereocenters. The standard InChI is InChI=1S/C12H23N3O/c1-13-5-7-15(8-6-13)12(16)9-11-3-4-14(2)10-11/h11H,3-10H2,1-2H3/t11-/m0/s1. The number of rotatable bonds is 2. The van der Waals surface area contributed by atoms with E-state index in [9.17, 15) is 4.79 Å². The van der Waals surface area contributed by atoms with Crippen LogP contribution in [0.15, 0.2) is 0 Å². The molecular formula is C12H23N3O. The number of likely N-dealkylation sites (N-methyl/N-ethyl adjacent to an activating group) is 1. The van der Waals surface area contributed by atoms with Crippen LogP contribution in [0.25, 0.3) is 0 Å². The summed E-state index contributed by atoms with van der Waals surface area (Å²) in [5.41, 5.74) is 0. The lowest BCUT2D eigenvalue weighted by Gasteiger charge is -2.33. The zero-order chi connectivity index (χ0) is 11.5. The van der Waals surface area contributed by atoms with Gasteiger partial charge in [0.2, 0.25) is 5.91 Å². The summed E-state index contributed by atoms with van der Waals surface area (Å²) >= 11 is 0. The van der Waals surface area contributed by atoms with Gasteiger partial charge in [0, 0.05) is 39.1 Å². The van der Waals surface area contributed by atoms with Crippen molar-refractivity contribution < 1.29 is 4.79 Å². The van der Waals surface area contributed by atoms with Gasteiger partial charge in [0.15, 0.2) is 0 Å². The predicted molar refractivity (Wildman–Crippen MR) is 64.3 cm³/mol. The number of hydrogen-bond acceptors (Lipinski definition) is 3. The van der Waals surface area contributed by atoms with E-state index in [0.29, 0.717) is 11.8 Å². The summed E-state index contributed by atoms with van der Waals surface area (Å²) in [6.07, 6.45) is 1.95. The van der Waals surface area contributed by atoms with Crippen molar-refractivity contribution in [1.82, 2.24) is 14.7 Å². The Morgan fingerprint density at radius 1 is 1.06 bits per heavy atom. The van der Waals surface area contributed by atoms with Crippen LogP contribution in [-0.4, -0.2) is 74.0 Å². The smallest absolute Gasteiger partial charge is 0.222 e. The molecule has 0 N–H and O–H groups in total. The third-order valence-electron chi connectivity index (χ3n) is 3.81. The average Bonchev–Trinajstić information content (AvgIpc) is 2.65. The number of hydrogen-bond donors (Lipinski definition) is 0. The van der Waals surface area contributed by atoms with Gasteiger partial charge in [-0.1, -0.05) is 0 Å². The highest BCUT2D eigenvalue weighted by Gasteiger charge is 2.25. The molecule has 2 aliphatic heterocycles. The number of likely N-dealkylation sites (tertiary alicyclic amines) is 1. The Balaban J connectivity index is 1.75. The first kappa shape index (κ1) is 11.9. The summed E-state index contributed by atoms with van der Waals surface area (Å²) in [6, 6.07) is 0. The van der Waals surface area contributed by atoms with Crippen LogP contribution in [0.3, 0.4) is 0 Å². The second kappa shape index (κ2) is 5.15. The Morgan fingerprint density at radius 3 is 2.31 bits per heavy atom. The maximum Gasteiger partial charge on any atom is 0.222 e. The van der Waals surface area contributed by atoms with E-state index in [-0.39, 0.29) is 0 Å². The normalized spacial score (nSPS) is 28.6. The van der Waals surface area contributed by atoms with Gasteiger partial charge in [0.1, 0.15) is 0 Å². The Bertz CT molecular complexity index is 249. The minimum Gasteiger partial charge on any atom is -0.340 e. The van der Waals surface area contributed by atoms with E-state index in [0.717, 1.165) is 45.7 Å². The highest BCUT2D eigenvalue weighted by Crippen LogP contribution is 2.19. The highest BCUT2D eigenvalue weighted by molar-refractivity contribution is 5.76. The van der Waals surface area contributed by atoms with Gasteiger partial charge < -0.3 is 14.7 Å². The predicted octanol–water partition coefficient (Wildman–Crippen LogP) is 0.102. The summed E-state index contributed by atoms with van der Waals surface area (Å²) in [5, 5.41) is 0. The van der Waals surface area contributed by atoms with Crippen LogP contribution in [0.2, 0.25) is 0 Å². The van der Waals surface area contributed by atoms with Gasteiger partial charge in [-0.2, -0.15) is 0 Å². The van der Waals surface area contributed by atoms with Crippen molar-refractivity contribution >= 4 is 5.91 Å². The van der Waals surface area contributed by atoms with Crippen molar-refractivity contribution in [1.29, 1.82) is 0 Å². The summed E-state index contributed by atoms with van der Waals surface area (Å²) in [5.74, 6) is 0.963. The Morgan fingerprint density at radius 2 is 1.75 bits per heavy atom. The SMILES string of the molecule is CN1CCN(C(=O)C[C@@H]2CCN(C)C2)CC1. The Labute approximate surface area is 98.2 Å². The number of amides is 1. The monoisotopic (exact) mass is 225 g/mol. The molecule has 4 heteroatoms. The molecule has 4 nitrogen and oxygen atoms in total. The fraction of sp³-hybridized carbons (Fsp3) is 0.917. The van der Waals surface area contributed by atoms with Gasteiger partial charge in [0.25, 0.3) is 0 Å². The van der Waals surface area contributed by atoms with E-state index in [1.165, 1.54) is 6.42 Å². The van der Waals surface area contributed by atoms with Crippen molar-refractivity contribution in [3.05, 3.63) is 0 Å². The number of carbonyl (C=O) groups is 1. The molecule has 1 amide bonds. The van der Waals surface area contributed by atoms with Gasteiger partial charge in [-0.05, 0) is 33.0 Å². The summed E-state index contributed by atoms with van der Waals surface area (Å²) in [4.78, 5) is 18.7. The van der Waals surface area contributed by atoms with Crippen molar-refractivity contribution in [2.75, 3.05) is 53.4 Å². The zero-order valence-electron chi connectivity index (χ0n) is 10.5. The van der Waals surface area contributed by atoms with Crippen LogP contribution in [0, 0.1) is 5.92 Å². The van der Waals surface area contributed by atoms with Crippen LogP contribution in [0.4, 0.5) is 0 Å². The first-order valence-corrected chi connectivity index (χ1v) is 6.30. The van der Waals surface area contributed by atoms with Gasteiger partial charge in [-0.15, -0.1) is 0 Å². The minimum atomic E-state index is 0.369. The molecule has 2 fully saturated rings. The van der Waals surface area contributed by atoms with E-state index in [1.54, 1.807) is 0 Å². The molecule has 2 rings (SSSR count). The molecule has 0 saturated carbocycles. The molecule has 0 aliphatic carbocycles. The van der Waals surface area contributed by atoms with E-state index in [2.05, 4.69) is 23.9 Å². The molecule has 0 radical (unpaired) electrons. The molecule has 0 aromatic carbocycles. The second-order valence-corrected chi connectivity index (χ2v) is 5.31. The van der Waals surface area contributed by atoms with E-state index < -0.39 is 0 Å². The summed E-state index contributed by atoms with van der Waals surface area (Å²) in [6.45, 7) is 6.13. The lowest BCUT2D eigenvalue weighted by molar-refractivity contribution is -0.133. The van der Waals surface area contributed by atoms with Gasteiger partial charge in [-0.3, -0.25) is 4.79 Å². The van der Waals surface area contributed by atoms with Gasteiger partial charge >= 0.3 is 0 Å². The van der Waals surface area contributed by atoms with Crippen molar-refractivity contribution in [3.8, 4) is 0 Å². The first-order valence-electron chi connectivity index (χ1n) is 6.30. The van der Waals surface area contributed by atoms with Crippen LogP contribution < -0.4 is 0 Å². The van der Waals surface area contributed by atoms with Crippen LogP contribution >= 0.6 is 0 Å². The highest BCUT2D eigenvalue weighted by atomic mass is 16.2. The summed E-state index contributed by atoms with van der Waals surface area (Å²) < 4.78 is 0. The van der Waals surface area contributed by atoms with Crippen molar-refractivity contribution in [3.63, 3.8) is 0 Å². The van der Waals surface area contributed by atoms with Crippen LogP contribution in [0.5, 0.6) is 0 Å². The molecule has 0 aromatic rings. The average molecular weight is 225 g/mol. The van der Waals surface area contributed by atoms with Crippen LogP contribution in [0.1, 0.15) is 12.8 Å². The fourth-order valence-corrected chi connectivity index (χ4v) is 2.62. The molecule has 0 spiro atoms. The maximum atomic E-state index is 12.1. The third kappa shape index (κ3) is 2.95. The molecule has 2 saturated heterocycles. The van der Waals surface area contributed by atoms with E-state index >= 15 is 0 Å². The molecule has 92 valence electrons. The van der Waals surface area contributed by atoms with E-state index in [1.807, 2.05) is 4.90 Å².